The molecule has 9 heteroatoms. The number of methoxy groups -OCH3 is 2. The van der Waals surface area contributed by atoms with E-state index in [-0.39, 0.29) is 23.5 Å². The molecule has 0 aliphatic carbocycles. The van der Waals surface area contributed by atoms with Crippen LogP contribution >= 0.6 is 11.6 Å². The van der Waals surface area contributed by atoms with Gasteiger partial charge in [0.05, 0.1) is 19.1 Å². The van der Waals surface area contributed by atoms with Crippen molar-refractivity contribution in [1.82, 2.24) is 0 Å². The number of hydrogen-bond acceptors (Lipinski definition) is 5. The topological polar surface area (TPSA) is 102 Å². The number of ether oxygens (including phenoxy) is 2. The summed E-state index contributed by atoms with van der Waals surface area (Å²) in [7, 11) is -1.18. The highest BCUT2D eigenvalue weighted by Crippen LogP contribution is 2.34. The van der Waals surface area contributed by atoms with Gasteiger partial charge in [-0.3, -0.25) is 9.52 Å². The summed E-state index contributed by atoms with van der Waals surface area (Å²) >= 11 is 5.81. The highest BCUT2D eigenvalue weighted by atomic mass is 35.5. The van der Waals surface area contributed by atoms with Gasteiger partial charge in [0.1, 0.15) is 0 Å². The fourth-order valence-corrected chi connectivity index (χ4v) is 3.77. The van der Waals surface area contributed by atoms with Gasteiger partial charge in [-0.05, 0) is 42.3 Å². The fourth-order valence-electron chi connectivity index (χ4n) is 2.32. The predicted molar refractivity (Wildman–Crippen MR) is 97.8 cm³/mol. The number of carboxylic acid groups (broad SMARTS) is 1. The maximum atomic E-state index is 12.8. The van der Waals surface area contributed by atoms with Crippen molar-refractivity contribution in [3.8, 4) is 11.5 Å². The monoisotopic (exact) mass is 399 g/mol. The minimum Gasteiger partial charge on any atom is -0.493 e. The standard InChI is InChI=1S/C17H18ClNO6S/c1-24-14-9-11(3-8-17(20)21)16(10-15(14)25-2)26(22,23)19-13-6-4-12(18)5-7-13/h4-7,9-10,19H,3,8H2,1-2H3,(H,20,21). The Morgan fingerprint density at radius 2 is 1.69 bits per heavy atom. The molecule has 0 radical (unpaired) electrons. The van der Waals surface area contributed by atoms with E-state index in [2.05, 4.69) is 4.72 Å². The maximum Gasteiger partial charge on any atom is 0.303 e. The number of halogens is 1. The Morgan fingerprint density at radius 1 is 1.12 bits per heavy atom. The number of carbonyl (C=O) groups is 1. The maximum absolute atomic E-state index is 12.8. The second-order valence-corrected chi connectivity index (χ2v) is 7.41. The molecule has 2 rings (SSSR count). The molecule has 0 aromatic heterocycles. The largest absolute Gasteiger partial charge is 0.493 e. The van der Waals surface area contributed by atoms with Gasteiger partial charge in [-0.15, -0.1) is 0 Å². The Bertz CT molecular complexity index is 896. The normalized spacial score (nSPS) is 11.0. The first kappa shape index (κ1) is 19.9. The Balaban J connectivity index is 2.49. The van der Waals surface area contributed by atoms with Crippen LogP contribution in [0.15, 0.2) is 41.3 Å². The second kappa shape index (κ2) is 8.29. The molecule has 2 aromatic carbocycles. The smallest absolute Gasteiger partial charge is 0.303 e. The first-order valence-corrected chi connectivity index (χ1v) is 9.38. The number of carboxylic acids is 1. The summed E-state index contributed by atoms with van der Waals surface area (Å²) in [5.74, 6) is -0.491. The highest BCUT2D eigenvalue weighted by Gasteiger charge is 2.23. The van der Waals surface area contributed by atoms with E-state index in [9.17, 15) is 13.2 Å². The molecule has 26 heavy (non-hydrogen) atoms. The molecule has 0 amide bonds. The van der Waals surface area contributed by atoms with Crippen molar-refractivity contribution in [3.63, 3.8) is 0 Å². The molecular weight excluding hydrogens is 382 g/mol. The zero-order valence-corrected chi connectivity index (χ0v) is 15.7. The van der Waals surface area contributed by atoms with Gasteiger partial charge in [0.25, 0.3) is 10.0 Å². The molecule has 0 unspecified atom stereocenters. The van der Waals surface area contributed by atoms with Gasteiger partial charge in [-0.2, -0.15) is 0 Å². The third kappa shape index (κ3) is 4.80. The molecule has 0 spiro atoms. The highest BCUT2D eigenvalue weighted by molar-refractivity contribution is 7.92. The number of nitrogens with one attached hydrogen (secondary N) is 1. The minimum atomic E-state index is -3.98. The lowest BCUT2D eigenvalue weighted by Crippen LogP contribution is -2.16. The van der Waals surface area contributed by atoms with Crippen molar-refractivity contribution < 1.29 is 27.8 Å². The number of rotatable bonds is 8. The molecule has 0 saturated heterocycles. The van der Waals surface area contributed by atoms with Gasteiger partial charge < -0.3 is 14.6 Å². The van der Waals surface area contributed by atoms with E-state index in [4.69, 9.17) is 26.2 Å². The number of aliphatic carboxylic acids is 1. The molecule has 2 N–H and O–H groups in total. The summed E-state index contributed by atoms with van der Waals surface area (Å²) in [6, 6.07) is 8.94. The van der Waals surface area contributed by atoms with Crippen LogP contribution in [0.25, 0.3) is 0 Å². The average molecular weight is 400 g/mol. The lowest BCUT2D eigenvalue weighted by Gasteiger charge is -2.16. The van der Waals surface area contributed by atoms with Crippen LogP contribution in [-0.4, -0.2) is 33.7 Å². The lowest BCUT2D eigenvalue weighted by atomic mass is 10.1. The average Bonchev–Trinajstić information content (AvgIpc) is 2.60. The van der Waals surface area contributed by atoms with Crippen LogP contribution in [0.4, 0.5) is 5.69 Å². The van der Waals surface area contributed by atoms with Gasteiger partial charge in [-0.1, -0.05) is 11.6 Å². The summed E-state index contributed by atoms with van der Waals surface area (Å²) < 4.78 is 38.5. The number of benzene rings is 2. The molecule has 0 saturated carbocycles. The Labute approximate surface area is 156 Å². The third-order valence-corrected chi connectivity index (χ3v) is 5.28. The van der Waals surface area contributed by atoms with Gasteiger partial charge >= 0.3 is 5.97 Å². The van der Waals surface area contributed by atoms with Crippen LogP contribution in [0.1, 0.15) is 12.0 Å². The SMILES string of the molecule is COc1cc(CCC(=O)O)c(S(=O)(=O)Nc2ccc(Cl)cc2)cc1OC. The van der Waals surface area contributed by atoms with Crippen molar-refractivity contribution in [2.45, 2.75) is 17.7 Å². The number of sulfonamides is 1. The van der Waals surface area contributed by atoms with Crippen molar-refractivity contribution in [2.75, 3.05) is 18.9 Å². The van der Waals surface area contributed by atoms with E-state index in [0.29, 0.717) is 22.0 Å². The number of hydrogen-bond donors (Lipinski definition) is 2. The number of anilines is 1. The van der Waals surface area contributed by atoms with E-state index in [0.717, 1.165) is 0 Å². The molecule has 0 fully saturated rings. The Kier molecular flexibility index (Phi) is 6.33. The molecular formula is C17H18ClNO6S. The van der Waals surface area contributed by atoms with Crippen LogP contribution in [-0.2, 0) is 21.2 Å². The van der Waals surface area contributed by atoms with Crippen molar-refractivity contribution in [2.24, 2.45) is 0 Å². The summed E-state index contributed by atoms with van der Waals surface area (Å²) in [4.78, 5) is 10.8. The van der Waals surface area contributed by atoms with Gasteiger partial charge in [-0.25, -0.2) is 8.42 Å². The zero-order valence-electron chi connectivity index (χ0n) is 14.2. The molecule has 0 aliphatic rings. The third-order valence-electron chi connectivity index (χ3n) is 3.56. The molecule has 2 aromatic rings. The summed E-state index contributed by atoms with van der Waals surface area (Å²) in [5, 5.41) is 9.40. The van der Waals surface area contributed by atoms with E-state index < -0.39 is 16.0 Å². The van der Waals surface area contributed by atoms with Crippen LogP contribution < -0.4 is 14.2 Å². The zero-order chi connectivity index (χ0) is 19.3. The van der Waals surface area contributed by atoms with E-state index in [1.54, 1.807) is 12.1 Å². The van der Waals surface area contributed by atoms with E-state index >= 15 is 0 Å². The molecule has 0 heterocycles. The summed E-state index contributed by atoms with van der Waals surface area (Å²) in [6.45, 7) is 0. The van der Waals surface area contributed by atoms with Gasteiger partial charge in [0.2, 0.25) is 0 Å². The van der Waals surface area contributed by atoms with Crippen LogP contribution in [0.2, 0.25) is 5.02 Å². The minimum absolute atomic E-state index is 0.0204. The van der Waals surface area contributed by atoms with Gasteiger partial charge in [0, 0.05) is 23.2 Å². The van der Waals surface area contributed by atoms with Crippen molar-refractivity contribution in [3.05, 3.63) is 47.0 Å². The molecule has 140 valence electrons. The molecule has 0 bridgehead atoms. The quantitative estimate of drug-likeness (QED) is 0.706. The van der Waals surface area contributed by atoms with E-state index in [1.807, 2.05) is 0 Å². The van der Waals surface area contributed by atoms with Gasteiger partial charge in [0.15, 0.2) is 11.5 Å². The number of aryl methyl sites for hydroxylation is 1. The summed E-state index contributed by atoms with van der Waals surface area (Å²) in [5.41, 5.74) is 0.639. The Morgan fingerprint density at radius 3 is 2.23 bits per heavy atom. The first-order valence-electron chi connectivity index (χ1n) is 7.52. The van der Waals surface area contributed by atoms with Crippen molar-refractivity contribution >= 4 is 33.3 Å². The van der Waals surface area contributed by atoms with Crippen LogP contribution in [0, 0.1) is 0 Å². The fraction of sp³-hybridized carbons (Fsp3) is 0.235. The Hall–Kier alpha value is -2.45. The van der Waals surface area contributed by atoms with Crippen molar-refractivity contribution in [1.29, 1.82) is 0 Å². The lowest BCUT2D eigenvalue weighted by molar-refractivity contribution is -0.136. The van der Waals surface area contributed by atoms with Crippen LogP contribution in [0.3, 0.4) is 0 Å². The molecule has 0 aliphatic heterocycles. The summed E-state index contributed by atoms with van der Waals surface area (Å²) in [6.07, 6.45) is -0.203. The predicted octanol–water partition coefficient (Wildman–Crippen LogP) is 3.18. The van der Waals surface area contributed by atoms with Crippen LogP contribution in [0.5, 0.6) is 11.5 Å². The molecule has 7 nitrogen and oxygen atoms in total. The molecule has 0 atom stereocenters. The van der Waals surface area contributed by atoms with E-state index in [1.165, 1.54) is 38.5 Å². The second-order valence-electron chi connectivity index (χ2n) is 5.32. The first-order chi connectivity index (χ1) is 12.3.